The third-order valence-corrected chi connectivity index (χ3v) is 8.19. The summed E-state index contributed by atoms with van der Waals surface area (Å²) in [6.45, 7) is 2.20. The minimum absolute atomic E-state index is 0.0879. The normalized spacial score (nSPS) is 19.1. The number of aryl methyl sites for hydroxylation is 1. The van der Waals surface area contributed by atoms with E-state index in [-0.39, 0.29) is 17.4 Å². The van der Waals surface area contributed by atoms with Crippen LogP contribution in [0.5, 0.6) is 0 Å². The SMILES string of the molecule is NS(=O)(=O)c1c(S(=O)(=O)N[C@@H]2CCNC2)ccc(N2CCCn3ncnc32)c1-c1nn[nH]n1. The van der Waals surface area contributed by atoms with Gasteiger partial charge in [-0.05, 0) is 36.7 Å². The van der Waals surface area contributed by atoms with E-state index in [0.717, 1.165) is 0 Å². The molecule has 1 aromatic carbocycles. The summed E-state index contributed by atoms with van der Waals surface area (Å²) in [7, 11) is -8.81. The molecule has 4 heterocycles. The maximum absolute atomic E-state index is 13.3. The van der Waals surface area contributed by atoms with Gasteiger partial charge in [-0.15, -0.1) is 10.2 Å². The standard InChI is InChI=1S/C16H21N11O4S2/c17-32(28,29)14-12(33(30,31)23-10-4-5-18-8-10)3-2-11(13(14)15-21-24-25-22-15)26-6-1-7-27-16(26)19-9-20-27/h2-3,9-10,18,23H,1,4-8H2,(H2,17,28,29)(H,21,22,24,25)/t10-/m1/s1. The van der Waals surface area contributed by atoms with Gasteiger partial charge < -0.3 is 10.2 Å². The summed E-state index contributed by atoms with van der Waals surface area (Å²) in [6, 6.07) is 2.34. The Hall–Kier alpha value is -2.99. The number of nitrogens with one attached hydrogen (secondary N) is 3. The van der Waals surface area contributed by atoms with Gasteiger partial charge in [0.1, 0.15) is 16.1 Å². The summed E-state index contributed by atoms with van der Waals surface area (Å²) in [4.78, 5) is 4.89. The Morgan fingerprint density at radius 3 is 2.73 bits per heavy atom. The summed E-state index contributed by atoms with van der Waals surface area (Å²) in [5.41, 5.74) is 0.228. The second-order valence-electron chi connectivity index (χ2n) is 7.67. The number of aromatic nitrogens is 7. The molecule has 0 spiro atoms. The molecule has 3 aromatic rings. The zero-order chi connectivity index (χ0) is 23.2. The predicted molar refractivity (Wildman–Crippen MR) is 114 cm³/mol. The molecule has 5 rings (SSSR count). The molecular weight excluding hydrogens is 474 g/mol. The van der Waals surface area contributed by atoms with Crippen LogP contribution in [0.3, 0.4) is 0 Å². The first-order valence-corrected chi connectivity index (χ1v) is 13.1. The number of primary sulfonamides is 1. The van der Waals surface area contributed by atoms with Crippen LogP contribution in [0.2, 0.25) is 0 Å². The van der Waals surface area contributed by atoms with Gasteiger partial charge in [0, 0.05) is 25.7 Å². The number of anilines is 2. The van der Waals surface area contributed by atoms with E-state index in [4.69, 9.17) is 5.14 Å². The quantitative estimate of drug-likeness (QED) is 0.303. The number of benzene rings is 1. The van der Waals surface area contributed by atoms with Crippen LogP contribution in [-0.2, 0) is 26.6 Å². The summed E-state index contributed by atoms with van der Waals surface area (Å²) in [6.07, 6.45) is 2.66. The highest BCUT2D eigenvalue weighted by Crippen LogP contribution is 2.41. The fourth-order valence-corrected chi connectivity index (χ4v) is 6.99. The molecule has 17 heteroatoms. The zero-order valence-corrected chi connectivity index (χ0v) is 18.8. The monoisotopic (exact) mass is 495 g/mol. The van der Waals surface area contributed by atoms with Crippen molar-refractivity contribution < 1.29 is 16.8 Å². The lowest BCUT2D eigenvalue weighted by Gasteiger charge is -2.30. The van der Waals surface area contributed by atoms with E-state index in [0.29, 0.717) is 50.7 Å². The molecule has 5 N–H and O–H groups in total. The van der Waals surface area contributed by atoms with Gasteiger partial charge in [0.05, 0.1) is 11.3 Å². The second kappa shape index (κ2) is 8.10. The van der Waals surface area contributed by atoms with Gasteiger partial charge in [-0.3, -0.25) is 0 Å². The summed E-state index contributed by atoms with van der Waals surface area (Å²) in [5, 5.41) is 26.4. The molecule has 0 radical (unpaired) electrons. The maximum atomic E-state index is 13.3. The molecule has 2 aromatic heterocycles. The largest absolute Gasteiger partial charge is 0.315 e. The molecule has 176 valence electrons. The number of rotatable bonds is 6. The van der Waals surface area contributed by atoms with Crippen molar-refractivity contribution in [2.24, 2.45) is 5.14 Å². The van der Waals surface area contributed by atoms with Crippen LogP contribution in [0.4, 0.5) is 11.6 Å². The average Bonchev–Trinajstić information content (AvgIpc) is 3.53. The number of aromatic amines is 1. The summed E-state index contributed by atoms with van der Waals surface area (Å²) in [5.74, 6) is 0.349. The van der Waals surface area contributed by atoms with Crippen molar-refractivity contribution in [1.29, 1.82) is 0 Å². The van der Waals surface area contributed by atoms with Crippen LogP contribution in [-0.4, -0.2) is 77.9 Å². The van der Waals surface area contributed by atoms with Crippen molar-refractivity contribution in [2.45, 2.75) is 35.2 Å². The molecule has 0 saturated carbocycles. The van der Waals surface area contributed by atoms with E-state index in [9.17, 15) is 16.8 Å². The number of H-pyrrole nitrogens is 1. The molecule has 1 fully saturated rings. The fourth-order valence-electron chi connectivity index (χ4n) is 4.13. The van der Waals surface area contributed by atoms with Gasteiger partial charge >= 0.3 is 0 Å². The van der Waals surface area contributed by atoms with Gasteiger partial charge in [0.15, 0.2) is 0 Å². The maximum Gasteiger partial charge on any atom is 0.242 e. The van der Waals surface area contributed by atoms with Crippen LogP contribution in [0.1, 0.15) is 12.8 Å². The lowest BCUT2D eigenvalue weighted by molar-refractivity contribution is 0.538. The molecule has 33 heavy (non-hydrogen) atoms. The minimum atomic E-state index is -4.56. The number of sulfonamides is 2. The smallest absolute Gasteiger partial charge is 0.242 e. The number of hydrogen-bond acceptors (Lipinski definition) is 11. The van der Waals surface area contributed by atoms with Gasteiger partial charge in [-0.2, -0.15) is 15.3 Å². The Labute approximate surface area is 188 Å². The van der Waals surface area contributed by atoms with Crippen molar-refractivity contribution in [3.05, 3.63) is 18.5 Å². The topological polar surface area (TPSA) is 207 Å². The first-order valence-electron chi connectivity index (χ1n) is 10.1. The lowest BCUT2D eigenvalue weighted by Crippen LogP contribution is -2.37. The Morgan fingerprint density at radius 1 is 1.18 bits per heavy atom. The van der Waals surface area contributed by atoms with E-state index < -0.39 is 29.8 Å². The first-order chi connectivity index (χ1) is 15.8. The van der Waals surface area contributed by atoms with E-state index in [1.807, 2.05) is 0 Å². The Bertz CT molecular complexity index is 1380. The van der Waals surface area contributed by atoms with E-state index in [2.05, 4.69) is 40.7 Å². The summed E-state index contributed by atoms with van der Waals surface area (Å²) >= 11 is 0. The first kappa shape index (κ1) is 21.8. The Morgan fingerprint density at radius 2 is 2.03 bits per heavy atom. The third kappa shape index (κ3) is 3.97. The van der Waals surface area contributed by atoms with Crippen molar-refractivity contribution in [3.8, 4) is 11.4 Å². The summed E-state index contributed by atoms with van der Waals surface area (Å²) < 4.78 is 56.4. The Kier molecular flexibility index (Phi) is 5.36. The number of fused-ring (bicyclic) bond motifs is 1. The highest BCUT2D eigenvalue weighted by atomic mass is 32.2. The van der Waals surface area contributed by atoms with Gasteiger partial charge in [-0.25, -0.2) is 31.4 Å². The zero-order valence-electron chi connectivity index (χ0n) is 17.2. The fraction of sp³-hybridized carbons (Fsp3) is 0.438. The number of hydrogen-bond donors (Lipinski definition) is 4. The van der Waals surface area contributed by atoms with Crippen LogP contribution in [0, 0.1) is 0 Å². The molecule has 1 saturated heterocycles. The van der Waals surface area contributed by atoms with E-state index in [1.54, 1.807) is 9.58 Å². The molecule has 0 aliphatic carbocycles. The van der Waals surface area contributed by atoms with Gasteiger partial charge in [0.25, 0.3) is 0 Å². The van der Waals surface area contributed by atoms with Crippen LogP contribution in [0.15, 0.2) is 28.3 Å². The predicted octanol–water partition coefficient (Wildman–Crippen LogP) is -1.71. The number of nitrogens with zero attached hydrogens (tertiary/aromatic N) is 7. The van der Waals surface area contributed by atoms with Crippen molar-refractivity contribution in [2.75, 3.05) is 24.5 Å². The minimum Gasteiger partial charge on any atom is -0.315 e. The molecule has 0 amide bonds. The lowest BCUT2D eigenvalue weighted by atomic mass is 10.1. The van der Waals surface area contributed by atoms with E-state index in [1.165, 1.54) is 18.5 Å². The number of nitrogens with two attached hydrogens (primary N) is 1. The molecular formula is C16H21N11O4S2. The molecule has 2 aliphatic rings. The Balaban J connectivity index is 1.75. The van der Waals surface area contributed by atoms with E-state index >= 15 is 0 Å². The molecule has 2 aliphatic heterocycles. The highest BCUT2D eigenvalue weighted by molar-refractivity contribution is 7.92. The second-order valence-corrected chi connectivity index (χ2v) is 10.8. The average molecular weight is 496 g/mol. The highest BCUT2D eigenvalue weighted by Gasteiger charge is 2.35. The van der Waals surface area contributed by atoms with Crippen molar-refractivity contribution in [1.82, 2.24) is 45.4 Å². The molecule has 0 unspecified atom stereocenters. The number of tetrazole rings is 1. The van der Waals surface area contributed by atoms with Crippen LogP contribution < -0.4 is 20.1 Å². The van der Waals surface area contributed by atoms with Gasteiger partial charge in [0.2, 0.25) is 31.8 Å². The van der Waals surface area contributed by atoms with Gasteiger partial charge in [-0.1, -0.05) is 0 Å². The molecule has 1 atom stereocenters. The molecule has 15 nitrogen and oxygen atoms in total. The van der Waals surface area contributed by atoms with Crippen molar-refractivity contribution >= 4 is 31.7 Å². The third-order valence-electron chi connectivity index (χ3n) is 5.50. The molecule has 0 bridgehead atoms. The van der Waals surface area contributed by atoms with Crippen LogP contribution >= 0.6 is 0 Å². The van der Waals surface area contributed by atoms with Crippen LogP contribution in [0.25, 0.3) is 11.4 Å². The van der Waals surface area contributed by atoms with Crippen molar-refractivity contribution in [3.63, 3.8) is 0 Å².